The number of nitrogens with zero attached hydrogens (tertiary/aromatic N) is 1. The number of halogens is 1. The summed E-state index contributed by atoms with van der Waals surface area (Å²) in [5, 5.41) is 11.7. The molecule has 1 aliphatic heterocycles. The first-order valence-corrected chi connectivity index (χ1v) is 6.92. The van der Waals surface area contributed by atoms with Gasteiger partial charge in [-0.1, -0.05) is 0 Å². The lowest BCUT2D eigenvalue weighted by Gasteiger charge is -2.23. The van der Waals surface area contributed by atoms with Crippen LogP contribution in [0.15, 0.2) is 22.7 Å². The molecule has 1 atom stereocenters. The largest absolute Gasteiger partial charge is 0.478 e. The van der Waals surface area contributed by atoms with Gasteiger partial charge >= 0.3 is 12.0 Å². The number of rotatable bonds is 3. The van der Waals surface area contributed by atoms with Crippen LogP contribution in [0.4, 0.5) is 10.5 Å². The van der Waals surface area contributed by atoms with Crippen LogP contribution in [-0.2, 0) is 4.74 Å². The Hall–Kier alpha value is -1.60. The zero-order chi connectivity index (χ0) is 14.7. The smallest absolute Gasteiger partial charge is 0.335 e. The van der Waals surface area contributed by atoms with E-state index in [1.54, 1.807) is 18.0 Å². The maximum absolute atomic E-state index is 12.1. The molecule has 0 aliphatic carbocycles. The van der Waals surface area contributed by atoms with E-state index >= 15 is 0 Å². The standard InChI is InChI=1S/C13H15BrN2O4/c1-16(9-4-5-20-7-9)13(19)15-11-6-8(12(17)18)2-3-10(11)14/h2-3,6,9H,4-5,7H2,1H3,(H,15,19)(H,17,18). The van der Waals surface area contributed by atoms with Crippen molar-refractivity contribution in [3.63, 3.8) is 0 Å². The first-order chi connectivity index (χ1) is 9.49. The Balaban J connectivity index is 2.10. The van der Waals surface area contributed by atoms with Crippen LogP contribution >= 0.6 is 15.9 Å². The molecule has 1 unspecified atom stereocenters. The molecule has 20 heavy (non-hydrogen) atoms. The minimum Gasteiger partial charge on any atom is -0.478 e. The summed E-state index contributed by atoms with van der Waals surface area (Å²) in [6.07, 6.45) is 0.806. The van der Waals surface area contributed by atoms with E-state index in [4.69, 9.17) is 9.84 Å². The van der Waals surface area contributed by atoms with Crippen molar-refractivity contribution in [2.75, 3.05) is 25.6 Å². The summed E-state index contributed by atoms with van der Waals surface area (Å²) in [6, 6.07) is 4.25. The SMILES string of the molecule is CN(C(=O)Nc1cc(C(=O)O)ccc1Br)C1CCOC1. The number of carboxylic acid groups (broad SMARTS) is 1. The highest BCUT2D eigenvalue weighted by atomic mass is 79.9. The number of amides is 2. The third-order valence-corrected chi connectivity index (χ3v) is 3.92. The van der Waals surface area contributed by atoms with Gasteiger partial charge in [0.1, 0.15) is 0 Å². The molecular formula is C13H15BrN2O4. The van der Waals surface area contributed by atoms with E-state index < -0.39 is 5.97 Å². The van der Waals surface area contributed by atoms with Gasteiger partial charge in [0.25, 0.3) is 0 Å². The predicted octanol–water partition coefficient (Wildman–Crippen LogP) is 2.40. The predicted molar refractivity (Wildman–Crippen MR) is 77.1 cm³/mol. The second-order valence-corrected chi connectivity index (χ2v) is 5.41. The number of benzene rings is 1. The molecule has 108 valence electrons. The van der Waals surface area contributed by atoms with Crippen LogP contribution < -0.4 is 5.32 Å². The van der Waals surface area contributed by atoms with E-state index in [2.05, 4.69) is 21.2 Å². The van der Waals surface area contributed by atoms with Crippen molar-refractivity contribution in [2.45, 2.75) is 12.5 Å². The number of ether oxygens (including phenoxy) is 1. The third kappa shape index (κ3) is 3.29. The molecule has 1 saturated heterocycles. The number of likely N-dealkylation sites (N-methyl/N-ethyl adjacent to an activating group) is 1. The number of carbonyl (C=O) groups is 2. The fraction of sp³-hybridized carbons (Fsp3) is 0.385. The van der Waals surface area contributed by atoms with E-state index in [0.29, 0.717) is 23.4 Å². The van der Waals surface area contributed by atoms with Gasteiger partial charge in [-0.05, 0) is 40.5 Å². The topological polar surface area (TPSA) is 78.9 Å². The minimum atomic E-state index is -1.04. The highest BCUT2D eigenvalue weighted by Gasteiger charge is 2.24. The van der Waals surface area contributed by atoms with Gasteiger partial charge in [-0.3, -0.25) is 0 Å². The molecule has 1 aliphatic rings. The highest BCUT2D eigenvalue weighted by Crippen LogP contribution is 2.24. The van der Waals surface area contributed by atoms with E-state index in [9.17, 15) is 9.59 Å². The average Bonchev–Trinajstić information content (AvgIpc) is 2.94. The third-order valence-electron chi connectivity index (χ3n) is 3.23. The molecule has 0 bridgehead atoms. The summed E-state index contributed by atoms with van der Waals surface area (Å²) >= 11 is 3.29. The maximum atomic E-state index is 12.1. The summed E-state index contributed by atoms with van der Waals surface area (Å²) in [4.78, 5) is 24.6. The number of carbonyl (C=O) groups excluding carboxylic acids is 1. The van der Waals surface area contributed by atoms with Crippen LogP contribution in [0.5, 0.6) is 0 Å². The molecule has 1 fully saturated rings. The van der Waals surface area contributed by atoms with Gasteiger partial charge in [-0.2, -0.15) is 0 Å². The number of anilines is 1. The summed E-state index contributed by atoms with van der Waals surface area (Å²) in [6.45, 7) is 1.18. The first-order valence-electron chi connectivity index (χ1n) is 6.13. The van der Waals surface area contributed by atoms with Crippen LogP contribution in [0.1, 0.15) is 16.8 Å². The van der Waals surface area contributed by atoms with Crippen molar-refractivity contribution in [1.29, 1.82) is 0 Å². The summed E-state index contributed by atoms with van der Waals surface area (Å²) in [5.41, 5.74) is 0.552. The van der Waals surface area contributed by atoms with Crippen molar-refractivity contribution in [3.05, 3.63) is 28.2 Å². The number of urea groups is 1. The Labute approximate surface area is 124 Å². The maximum Gasteiger partial charge on any atom is 0.335 e. The number of nitrogens with one attached hydrogen (secondary N) is 1. The second kappa shape index (κ2) is 6.23. The summed E-state index contributed by atoms with van der Waals surface area (Å²) in [5.74, 6) is -1.04. The minimum absolute atomic E-state index is 0.0523. The van der Waals surface area contributed by atoms with Crippen LogP contribution in [0.25, 0.3) is 0 Å². The average molecular weight is 343 g/mol. The number of carboxylic acids is 1. The quantitative estimate of drug-likeness (QED) is 0.883. The fourth-order valence-corrected chi connectivity index (χ4v) is 2.30. The first kappa shape index (κ1) is 14.8. The molecule has 0 aromatic heterocycles. The molecule has 0 radical (unpaired) electrons. The molecule has 7 heteroatoms. The highest BCUT2D eigenvalue weighted by molar-refractivity contribution is 9.10. The van der Waals surface area contributed by atoms with E-state index in [1.807, 2.05) is 0 Å². The van der Waals surface area contributed by atoms with Crippen LogP contribution in [0.3, 0.4) is 0 Å². The van der Waals surface area contributed by atoms with Gasteiger partial charge in [0.15, 0.2) is 0 Å². The zero-order valence-electron chi connectivity index (χ0n) is 10.9. The molecule has 6 nitrogen and oxygen atoms in total. The van der Waals surface area contributed by atoms with Crippen molar-refractivity contribution in [2.24, 2.45) is 0 Å². The number of hydrogen-bond acceptors (Lipinski definition) is 3. The van der Waals surface area contributed by atoms with Crippen molar-refractivity contribution in [3.8, 4) is 0 Å². The fourth-order valence-electron chi connectivity index (χ4n) is 1.95. The summed E-state index contributed by atoms with van der Waals surface area (Å²) in [7, 11) is 1.70. The lowest BCUT2D eigenvalue weighted by Crippen LogP contribution is -2.40. The van der Waals surface area contributed by atoms with Crippen LogP contribution in [0, 0.1) is 0 Å². The molecule has 1 aromatic rings. The van der Waals surface area contributed by atoms with Crippen molar-refractivity contribution in [1.82, 2.24) is 4.90 Å². The lowest BCUT2D eigenvalue weighted by atomic mass is 10.2. The van der Waals surface area contributed by atoms with E-state index in [1.165, 1.54) is 12.1 Å². The molecule has 0 spiro atoms. The van der Waals surface area contributed by atoms with Gasteiger partial charge in [-0.25, -0.2) is 9.59 Å². The Morgan fingerprint density at radius 3 is 2.85 bits per heavy atom. The monoisotopic (exact) mass is 342 g/mol. The van der Waals surface area contributed by atoms with Crippen LogP contribution in [-0.4, -0.2) is 48.3 Å². The van der Waals surface area contributed by atoms with E-state index in [-0.39, 0.29) is 17.6 Å². The number of aromatic carboxylic acids is 1. The Bertz CT molecular complexity index is 529. The Kier molecular flexibility index (Phi) is 4.61. The normalized spacial score (nSPS) is 17.8. The van der Waals surface area contributed by atoms with E-state index in [0.717, 1.165) is 6.42 Å². The van der Waals surface area contributed by atoms with Crippen molar-refractivity contribution < 1.29 is 19.4 Å². The molecular weight excluding hydrogens is 328 g/mol. The Morgan fingerprint density at radius 2 is 2.25 bits per heavy atom. The second-order valence-electron chi connectivity index (χ2n) is 4.56. The van der Waals surface area contributed by atoms with Gasteiger partial charge in [0, 0.05) is 18.1 Å². The van der Waals surface area contributed by atoms with Gasteiger partial charge < -0.3 is 20.1 Å². The molecule has 1 heterocycles. The number of hydrogen-bond donors (Lipinski definition) is 2. The zero-order valence-corrected chi connectivity index (χ0v) is 12.5. The molecule has 2 amide bonds. The van der Waals surface area contributed by atoms with Crippen molar-refractivity contribution >= 4 is 33.6 Å². The molecule has 2 rings (SSSR count). The van der Waals surface area contributed by atoms with Gasteiger partial charge in [-0.15, -0.1) is 0 Å². The molecule has 0 saturated carbocycles. The van der Waals surface area contributed by atoms with Crippen LogP contribution in [0.2, 0.25) is 0 Å². The molecule has 2 N–H and O–H groups in total. The van der Waals surface area contributed by atoms with Gasteiger partial charge in [0.05, 0.1) is 23.9 Å². The lowest BCUT2D eigenvalue weighted by molar-refractivity contribution is 0.0697. The summed E-state index contributed by atoms with van der Waals surface area (Å²) < 4.78 is 5.88. The molecule has 1 aromatic carbocycles. The van der Waals surface area contributed by atoms with Gasteiger partial charge in [0.2, 0.25) is 0 Å². The Morgan fingerprint density at radius 1 is 1.50 bits per heavy atom.